The summed E-state index contributed by atoms with van der Waals surface area (Å²) in [6, 6.07) is 12.2. The molecule has 0 amide bonds. The molecule has 2 rings (SSSR count). The van der Waals surface area contributed by atoms with Crippen LogP contribution in [0.1, 0.15) is 25.3 Å². The van der Waals surface area contributed by atoms with Gasteiger partial charge in [0.2, 0.25) is 0 Å². The van der Waals surface area contributed by atoms with Crippen LogP contribution in [0, 0.1) is 0 Å². The van der Waals surface area contributed by atoms with Gasteiger partial charge in [-0.1, -0.05) is 37.3 Å². The Morgan fingerprint density at radius 2 is 2.12 bits per heavy atom. The summed E-state index contributed by atoms with van der Waals surface area (Å²) in [6.07, 6.45) is 3.73. The lowest BCUT2D eigenvalue weighted by Gasteiger charge is -2.11. The Labute approximate surface area is 98.4 Å². The topological polar surface area (TPSA) is 24.1 Å². The van der Waals surface area contributed by atoms with Gasteiger partial charge in [0.1, 0.15) is 0 Å². The largest absolute Gasteiger partial charge is 0.313 e. The molecule has 0 bridgehead atoms. The number of benzene rings is 1. The van der Waals surface area contributed by atoms with Crippen molar-refractivity contribution in [2.75, 3.05) is 13.1 Å². The number of rotatable bonds is 5. The number of aryl methyl sites for hydroxylation is 1. The van der Waals surface area contributed by atoms with E-state index < -0.39 is 0 Å². The third kappa shape index (κ3) is 3.32. The van der Waals surface area contributed by atoms with Gasteiger partial charge in [-0.2, -0.15) is 0 Å². The van der Waals surface area contributed by atoms with Gasteiger partial charge in [0.05, 0.1) is 0 Å². The molecule has 1 saturated heterocycles. The lowest BCUT2D eigenvalue weighted by atomic mass is 10.0. The second-order valence-corrected chi connectivity index (χ2v) is 4.62. The van der Waals surface area contributed by atoms with E-state index in [2.05, 4.69) is 47.9 Å². The Bertz CT molecular complexity index is 297. The highest BCUT2D eigenvalue weighted by Crippen LogP contribution is 2.13. The second kappa shape index (κ2) is 6.02. The first-order chi connectivity index (χ1) is 7.88. The molecule has 1 aromatic rings. The van der Waals surface area contributed by atoms with Crippen LogP contribution in [0.25, 0.3) is 0 Å². The van der Waals surface area contributed by atoms with Crippen molar-refractivity contribution in [3.05, 3.63) is 35.9 Å². The van der Waals surface area contributed by atoms with Crippen LogP contribution in [0.2, 0.25) is 0 Å². The second-order valence-electron chi connectivity index (χ2n) is 4.62. The first kappa shape index (κ1) is 11.6. The van der Waals surface area contributed by atoms with Crippen molar-refractivity contribution in [2.45, 2.75) is 38.3 Å². The molecule has 1 heterocycles. The molecule has 0 aromatic heterocycles. The molecule has 2 N–H and O–H groups in total. The average Bonchev–Trinajstić information content (AvgIpc) is 2.76. The molecule has 1 aliphatic rings. The van der Waals surface area contributed by atoms with Crippen LogP contribution in [0.4, 0.5) is 0 Å². The predicted octanol–water partition coefficient (Wildman–Crippen LogP) is 1.96. The van der Waals surface area contributed by atoms with Crippen LogP contribution < -0.4 is 10.6 Å². The summed E-state index contributed by atoms with van der Waals surface area (Å²) in [7, 11) is 0. The van der Waals surface area contributed by atoms with E-state index in [4.69, 9.17) is 0 Å². The van der Waals surface area contributed by atoms with Gasteiger partial charge in [-0.25, -0.2) is 0 Å². The fraction of sp³-hybridized carbons (Fsp3) is 0.571. The molecule has 0 saturated carbocycles. The number of likely N-dealkylation sites (N-methyl/N-ethyl adjacent to an activating group) is 1. The van der Waals surface area contributed by atoms with Gasteiger partial charge in [-0.05, 0) is 31.4 Å². The molecule has 2 nitrogen and oxygen atoms in total. The summed E-state index contributed by atoms with van der Waals surface area (Å²) in [5, 5.41) is 7.11. The SMILES string of the molecule is CCNC1CNC(CCc2ccccc2)C1. The van der Waals surface area contributed by atoms with E-state index in [1.807, 2.05) is 0 Å². The summed E-state index contributed by atoms with van der Waals surface area (Å²) in [6.45, 7) is 4.39. The highest BCUT2D eigenvalue weighted by molar-refractivity contribution is 5.14. The zero-order valence-electron chi connectivity index (χ0n) is 10.1. The Morgan fingerprint density at radius 1 is 1.31 bits per heavy atom. The van der Waals surface area contributed by atoms with E-state index in [0.29, 0.717) is 12.1 Å². The minimum Gasteiger partial charge on any atom is -0.313 e. The third-order valence-corrected chi connectivity index (χ3v) is 3.34. The first-order valence-electron chi connectivity index (χ1n) is 6.39. The van der Waals surface area contributed by atoms with Crippen molar-refractivity contribution < 1.29 is 0 Å². The Kier molecular flexibility index (Phi) is 4.37. The molecule has 88 valence electrons. The zero-order valence-corrected chi connectivity index (χ0v) is 10.1. The molecule has 2 atom stereocenters. The van der Waals surface area contributed by atoms with Crippen LogP contribution >= 0.6 is 0 Å². The van der Waals surface area contributed by atoms with Crippen molar-refractivity contribution in [3.63, 3.8) is 0 Å². The van der Waals surface area contributed by atoms with Gasteiger partial charge in [0.15, 0.2) is 0 Å². The smallest absolute Gasteiger partial charge is 0.0207 e. The van der Waals surface area contributed by atoms with Gasteiger partial charge >= 0.3 is 0 Å². The van der Waals surface area contributed by atoms with Crippen molar-refractivity contribution in [1.29, 1.82) is 0 Å². The van der Waals surface area contributed by atoms with Crippen molar-refractivity contribution in [1.82, 2.24) is 10.6 Å². The van der Waals surface area contributed by atoms with E-state index >= 15 is 0 Å². The van der Waals surface area contributed by atoms with Crippen LogP contribution in [0.15, 0.2) is 30.3 Å². The zero-order chi connectivity index (χ0) is 11.2. The monoisotopic (exact) mass is 218 g/mol. The first-order valence-corrected chi connectivity index (χ1v) is 6.39. The minimum atomic E-state index is 0.686. The number of hydrogen-bond donors (Lipinski definition) is 2. The molecule has 16 heavy (non-hydrogen) atoms. The quantitative estimate of drug-likeness (QED) is 0.789. The van der Waals surface area contributed by atoms with Crippen molar-refractivity contribution >= 4 is 0 Å². The molecular formula is C14H22N2. The number of hydrogen-bond acceptors (Lipinski definition) is 2. The van der Waals surface area contributed by atoms with Crippen LogP contribution in [-0.2, 0) is 6.42 Å². The van der Waals surface area contributed by atoms with Gasteiger partial charge in [0.25, 0.3) is 0 Å². The highest BCUT2D eigenvalue weighted by Gasteiger charge is 2.22. The fourth-order valence-corrected chi connectivity index (χ4v) is 2.47. The molecular weight excluding hydrogens is 196 g/mol. The maximum atomic E-state index is 3.60. The van der Waals surface area contributed by atoms with Crippen LogP contribution in [-0.4, -0.2) is 25.2 Å². The van der Waals surface area contributed by atoms with E-state index in [-0.39, 0.29) is 0 Å². The maximum Gasteiger partial charge on any atom is 0.0207 e. The highest BCUT2D eigenvalue weighted by atomic mass is 15.0. The summed E-state index contributed by atoms with van der Waals surface area (Å²) < 4.78 is 0. The Hall–Kier alpha value is -0.860. The summed E-state index contributed by atoms with van der Waals surface area (Å²) in [4.78, 5) is 0. The Morgan fingerprint density at radius 3 is 2.88 bits per heavy atom. The standard InChI is InChI=1S/C14H22N2/c1-2-15-14-10-13(16-11-14)9-8-12-6-4-3-5-7-12/h3-7,13-16H,2,8-11H2,1H3. The van der Waals surface area contributed by atoms with E-state index in [9.17, 15) is 0 Å². The van der Waals surface area contributed by atoms with Crippen molar-refractivity contribution in [3.8, 4) is 0 Å². The summed E-state index contributed by atoms with van der Waals surface area (Å²) in [5.41, 5.74) is 1.45. The maximum absolute atomic E-state index is 3.60. The summed E-state index contributed by atoms with van der Waals surface area (Å²) in [5.74, 6) is 0. The van der Waals surface area contributed by atoms with Gasteiger partial charge in [-0.15, -0.1) is 0 Å². The Balaban J connectivity index is 1.72. The van der Waals surface area contributed by atoms with E-state index in [1.54, 1.807) is 0 Å². The lowest BCUT2D eigenvalue weighted by Crippen LogP contribution is -2.30. The fourth-order valence-electron chi connectivity index (χ4n) is 2.47. The normalized spacial score (nSPS) is 24.8. The van der Waals surface area contributed by atoms with Crippen molar-refractivity contribution in [2.24, 2.45) is 0 Å². The van der Waals surface area contributed by atoms with E-state index in [1.165, 1.54) is 24.8 Å². The molecule has 0 radical (unpaired) electrons. The third-order valence-electron chi connectivity index (χ3n) is 3.34. The van der Waals surface area contributed by atoms with Gasteiger partial charge < -0.3 is 10.6 Å². The van der Waals surface area contributed by atoms with Gasteiger partial charge in [-0.3, -0.25) is 0 Å². The van der Waals surface area contributed by atoms with Gasteiger partial charge in [0, 0.05) is 18.6 Å². The lowest BCUT2D eigenvalue weighted by molar-refractivity contribution is 0.526. The summed E-state index contributed by atoms with van der Waals surface area (Å²) >= 11 is 0. The molecule has 2 unspecified atom stereocenters. The average molecular weight is 218 g/mol. The number of nitrogens with one attached hydrogen (secondary N) is 2. The van der Waals surface area contributed by atoms with Crippen LogP contribution in [0.5, 0.6) is 0 Å². The van der Waals surface area contributed by atoms with Crippen LogP contribution in [0.3, 0.4) is 0 Å². The molecule has 0 aliphatic carbocycles. The minimum absolute atomic E-state index is 0.686. The van der Waals surface area contributed by atoms with E-state index in [0.717, 1.165) is 13.1 Å². The molecule has 0 spiro atoms. The molecule has 1 aromatic carbocycles. The molecule has 2 heteroatoms. The molecule has 1 fully saturated rings. The molecule has 1 aliphatic heterocycles. The predicted molar refractivity (Wildman–Crippen MR) is 68.6 cm³/mol.